The Kier molecular flexibility index (Phi) is 12.7. The summed E-state index contributed by atoms with van der Waals surface area (Å²) in [7, 11) is -1.77. The van der Waals surface area contributed by atoms with E-state index in [0.717, 1.165) is 51.7 Å². The molecule has 1 aliphatic heterocycles. The molecule has 3 rings (SSSR count). The van der Waals surface area contributed by atoms with E-state index in [2.05, 4.69) is 33.9 Å². The van der Waals surface area contributed by atoms with Gasteiger partial charge in [-0.2, -0.15) is 0 Å². The van der Waals surface area contributed by atoms with Crippen LogP contribution >= 0.6 is 0 Å². The third kappa shape index (κ3) is 8.61. The predicted octanol–water partition coefficient (Wildman–Crippen LogP) is 5.25. The van der Waals surface area contributed by atoms with Crippen LogP contribution in [0.1, 0.15) is 86.0 Å². The summed E-state index contributed by atoms with van der Waals surface area (Å²) in [5.41, 5.74) is -0.873. The molecule has 0 unspecified atom stereocenters. The number of esters is 2. The van der Waals surface area contributed by atoms with Gasteiger partial charge in [0.05, 0.1) is 37.3 Å². The van der Waals surface area contributed by atoms with Gasteiger partial charge in [0.25, 0.3) is 0 Å². The van der Waals surface area contributed by atoms with Crippen LogP contribution in [0.3, 0.4) is 0 Å². The summed E-state index contributed by atoms with van der Waals surface area (Å²) in [5, 5.41) is 9.12. The van der Waals surface area contributed by atoms with E-state index in [1.54, 1.807) is 6.92 Å². The number of carbonyl (C=O) groups excluding carboxylic acids is 2. The van der Waals surface area contributed by atoms with Gasteiger partial charge in [-0.1, -0.05) is 33.6 Å². The van der Waals surface area contributed by atoms with E-state index in [9.17, 15) is 9.59 Å². The Labute approximate surface area is 208 Å². The molecule has 1 N–H and O–H groups in total. The maximum atomic E-state index is 12.0. The van der Waals surface area contributed by atoms with E-state index in [4.69, 9.17) is 23.7 Å². The van der Waals surface area contributed by atoms with E-state index in [-0.39, 0.29) is 29.0 Å². The molecular weight excluding hydrogens is 452 g/mol. The summed E-state index contributed by atoms with van der Waals surface area (Å²) in [5.74, 6) is -0.288. The van der Waals surface area contributed by atoms with Gasteiger partial charge in [0.1, 0.15) is 0 Å². The van der Waals surface area contributed by atoms with Gasteiger partial charge in [-0.25, -0.2) is 0 Å². The molecule has 0 radical (unpaired) electrons. The first-order valence-electron chi connectivity index (χ1n) is 13.1. The molecule has 0 bridgehead atoms. The van der Waals surface area contributed by atoms with Crippen molar-refractivity contribution >= 4 is 20.3 Å². The zero-order chi connectivity index (χ0) is 25.9. The summed E-state index contributed by atoms with van der Waals surface area (Å²) in [4.78, 5) is 23.2. The highest BCUT2D eigenvalue weighted by Crippen LogP contribution is 2.45. The van der Waals surface area contributed by atoms with Crippen LogP contribution in [0.25, 0.3) is 0 Å². The topological polar surface area (TPSA) is 91.3 Å². The summed E-state index contributed by atoms with van der Waals surface area (Å²) in [6.45, 7) is 18.1. The minimum atomic E-state index is -1.77. The van der Waals surface area contributed by atoms with E-state index in [1.165, 1.54) is 12.8 Å². The minimum Gasteiger partial charge on any atom is -0.465 e. The third-order valence-electron chi connectivity index (χ3n) is 7.68. The van der Waals surface area contributed by atoms with Gasteiger partial charge < -0.3 is 23.7 Å². The molecule has 3 aliphatic rings. The molecule has 2 saturated carbocycles. The summed E-state index contributed by atoms with van der Waals surface area (Å²) in [6, 6.07) is 0. The molecule has 8 heteroatoms. The van der Waals surface area contributed by atoms with Gasteiger partial charge in [0.15, 0.2) is 8.32 Å². The Hall–Kier alpha value is -0.963. The minimum absolute atomic E-state index is 0.0602. The summed E-state index contributed by atoms with van der Waals surface area (Å²) >= 11 is 0. The average Bonchev–Trinajstić information content (AvgIpc) is 3.27. The Bertz CT molecular complexity index is 602. The van der Waals surface area contributed by atoms with E-state index in [1.807, 2.05) is 6.92 Å². The van der Waals surface area contributed by atoms with E-state index >= 15 is 0 Å². The first kappa shape index (κ1) is 31.1. The molecule has 0 atom stereocenters. The zero-order valence-corrected chi connectivity index (χ0v) is 23.8. The molecule has 1 saturated heterocycles. The number of aliphatic hydroxyl groups excluding tert-OH is 1. The fourth-order valence-corrected chi connectivity index (χ4v) is 4.73. The quantitative estimate of drug-likeness (QED) is 0.358. The van der Waals surface area contributed by atoms with E-state index < -0.39 is 13.7 Å². The van der Waals surface area contributed by atoms with Crippen LogP contribution in [-0.2, 0) is 28.2 Å². The van der Waals surface area contributed by atoms with Crippen molar-refractivity contribution in [3.63, 3.8) is 0 Å². The van der Waals surface area contributed by atoms with Crippen LogP contribution in [0.5, 0.6) is 0 Å². The molecular formula is C26H50O7Si. The van der Waals surface area contributed by atoms with Crippen LogP contribution in [0.4, 0.5) is 0 Å². The average molecular weight is 503 g/mol. The Morgan fingerprint density at radius 2 is 1.29 bits per heavy atom. The highest BCUT2D eigenvalue weighted by atomic mass is 28.4. The van der Waals surface area contributed by atoms with Gasteiger partial charge in [0, 0.05) is 13.2 Å². The Morgan fingerprint density at radius 1 is 0.853 bits per heavy atom. The van der Waals surface area contributed by atoms with Gasteiger partial charge in [0.2, 0.25) is 0 Å². The molecule has 3 fully saturated rings. The van der Waals surface area contributed by atoms with Crippen molar-refractivity contribution < 1.29 is 33.3 Å². The zero-order valence-electron chi connectivity index (χ0n) is 22.8. The maximum absolute atomic E-state index is 12.0. The Balaban J connectivity index is 0.000000302. The first-order valence-corrected chi connectivity index (χ1v) is 16.0. The maximum Gasteiger partial charge on any atom is 0.314 e. The van der Waals surface area contributed by atoms with E-state index in [0.29, 0.717) is 19.8 Å². The molecule has 7 nitrogen and oxygen atoms in total. The second kappa shape index (κ2) is 13.9. The molecule has 0 aromatic rings. The van der Waals surface area contributed by atoms with Crippen LogP contribution in [0, 0.1) is 10.8 Å². The first-order chi connectivity index (χ1) is 15.9. The van der Waals surface area contributed by atoms with Crippen LogP contribution < -0.4 is 0 Å². The van der Waals surface area contributed by atoms with Crippen molar-refractivity contribution in [1.29, 1.82) is 0 Å². The van der Waals surface area contributed by atoms with Gasteiger partial charge in [-0.15, -0.1) is 0 Å². The number of ether oxygens (including phenoxy) is 3. The lowest BCUT2D eigenvalue weighted by Gasteiger charge is -2.43. The molecule has 1 heterocycles. The van der Waals surface area contributed by atoms with Gasteiger partial charge in [-0.05, 0) is 70.5 Å². The SMILES string of the molecule is C1CCOC1.CCOC(=O)C1(CO)CCC1.CCOC(=O)C1(CO[Si](C)(C)C(C)(C)C)CCC1. The molecule has 0 aromatic carbocycles. The summed E-state index contributed by atoms with van der Waals surface area (Å²) < 4.78 is 21.2. The highest BCUT2D eigenvalue weighted by Gasteiger charge is 2.48. The number of carbonyl (C=O) groups is 2. The van der Waals surface area contributed by atoms with Crippen LogP contribution in [0.2, 0.25) is 18.1 Å². The third-order valence-corrected chi connectivity index (χ3v) is 12.2. The van der Waals surface area contributed by atoms with Crippen molar-refractivity contribution in [3.8, 4) is 0 Å². The van der Waals surface area contributed by atoms with Crippen molar-refractivity contribution in [2.75, 3.05) is 39.6 Å². The molecule has 200 valence electrons. The van der Waals surface area contributed by atoms with Crippen molar-refractivity contribution in [3.05, 3.63) is 0 Å². The van der Waals surface area contributed by atoms with Crippen LogP contribution in [0.15, 0.2) is 0 Å². The van der Waals surface area contributed by atoms with Crippen molar-refractivity contribution in [2.24, 2.45) is 10.8 Å². The van der Waals surface area contributed by atoms with Crippen LogP contribution in [-0.4, -0.2) is 65.0 Å². The monoisotopic (exact) mass is 502 g/mol. The molecule has 34 heavy (non-hydrogen) atoms. The number of hydrogen-bond acceptors (Lipinski definition) is 7. The fourth-order valence-electron chi connectivity index (χ4n) is 3.66. The predicted molar refractivity (Wildman–Crippen MR) is 136 cm³/mol. The van der Waals surface area contributed by atoms with Crippen molar-refractivity contribution in [2.45, 2.75) is 104 Å². The molecule has 0 aromatic heterocycles. The number of rotatable bonds is 8. The lowest BCUT2D eigenvalue weighted by atomic mass is 9.69. The lowest BCUT2D eigenvalue weighted by Crippen LogP contribution is -2.49. The second-order valence-electron chi connectivity index (χ2n) is 11.2. The summed E-state index contributed by atoms with van der Waals surface area (Å²) in [6.07, 6.45) is 8.09. The normalized spacial score (nSPS) is 20.4. The number of aliphatic hydroxyl groups is 1. The largest absolute Gasteiger partial charge is 0.465 e. The molecule has 2 aliphatic carbocycles. The second-order valence-corrected chi connectivity index (χ2v) is 16.0. The molecule has 0 amide bonds. The Morgan fingerprint density at radius 3 is 1.56 bits per heavy atom. The number of hydrogen-bond donors (Lipinski definition) is 1. The molecule has 0 spiro atoms. The smallest absolute Gasteiger partial charge is 0.314 e. The standard InChI is InChI=1S/C14H28O3Si.C8H14O3.C4H8O/c1-7-16-12(15)14(9-8-10-14)11-17-18(5,6)13(2,3)4;1-2-11-7(10)8(6-9)4-3-5-8;1-2-4-5-3-1/h7-11H2,1-6H3;9H,2-6H2,1H3;1-4H2. The van der Waals surface area contributed by atoms with Gasteiger partial charge in [-0.3, -0.25) is 9.59 Å². The van der Waals surface area contributed by atoms with Gasteiger partial charge >= 0.3 is 11.9 Å². The fraction of sp³-hybridized carbons (Fsp3) is 0.923. The lowest BCUT2D eigenvalue weighted by molar-refractivity contribution is -0.165. The van der Waals surface area contributed by atoms with Crippen molar-refractivity contribution in [1.82, 2.24) is 0 Å². The highest BCUT2D eigenvalue weighted by molar-refractivity contribution is 6.74.